The maximum atomic E-state index is 12.3. The maximum Gasteiger partial charge on any atom is 0.387 e. The van der Waals surface area contributed by atoms with E-state index in [1.54, 1.807) is 12.1 Å². The summed E-state index contributed by atoms with van der Waals surface area (Å²) >= 11 is 0. The van der Waals surface area contributed by atoms with Crippen molar-refractivity contribution < 1.29 is 18.3 Å². The van der Waals surface area contributed by atoms with Crippen LogP contribution in [-0.2, 0) is 6.54 Å². The second kappa shape index (κ2) is 9.90. The van der Waals surface area contributed by atoms with Crippen LogP contribution >= 0.6 is 12.4 Å². The lowest BCUT2D eigenvalue weighted by Crippen LogP contribution is -2.35. The number of hydrogen-bond acceptors (Lipinski definition) is 4. The number of methoxy groups -OCH3 is 1. The summed E-state index contributed by atoms with van der Waals surface area (Å²) in [6.07, 6.45) is 3.47. The Hall–Kier alpha value is -1.11. The number of hydrogen-bond donors (Lipinski definition) is 1. The fourth-order valence-corrected chi connectivity index (χ4v) is 3.03. The van der Waals surface area contributed by atoms with Gasteiger partial charge in [0.25, 0.3) is 0 Å². The van der Waals surface area contributed by atoms with Crippen LogP contribution in [0.2, 0.25) is 0 Å². The summed E-state index contributed by atoms with van der Waals surface area (Å²) in [5.74, 6) is 1.07. The van der Waals surface area contributed by atoms with Gasteiger partial charge in [-0.25, -0.2) is 0 Å². The van der Waals surface area contributed by atoms with E-state index in [9.17, 15) is 8.78 Å². The first kappa shape index (κ1) is 19.9. The molecule has 0 aromatic heterocycles. The first-order valence-electron chi connectivity index (χ1n) is 7.66. The van der Waals surface area contributed by atoms with Gasteiger partial charge in [-0.3, -0.25) is 4.90 Å². The molecule has 1 aliphatic heterocycles. The van der Waals surface area contributed by atoms with E-state index < -0.39 is 6.61 Å². The van der Waals surface area contributed by atoms with Crippen LogP contribution < -0.4 is 15.2 Å². The summed E-state index contributed by atoms with van der Waals surface area (Å²) in [4.78, 5) is 2.38. The number of nitrogens with zero attached hydrogens (tertiary/aromatic N) is 1. The number of alkyl halides is 2. The molecule has 2 rings (SSSR count). The van der Waals surface area contributed by atoms with Crippen LogP contribution in [0.1, 0.15) is 24.8 Å². The lowest BCUT2D eigenvalue weighted by atomic mass is 9.94. The van der Waals surface area contributed by atoms with Crippen molar-refractivity contribution in [3.63, 3.8) is 0 Å². The van der Waals surface area contributed by atoms with Crippen LogP contribution in [0.4, 0.5) is 8.78 Å². The fourth-order valence-electron chi connectivity index (χ4n) is 3.03. The summed E-state index contributed by atoms with van der Waals surface area (Å²) in [6.45, 7) is 0.755. The van der Waals surface area contributed by atoms with Crippen molar-refractivity contribution in [1.82, 2.24) is 4.90 Å². The normalized spacial score (nSPS) is 18.6. The summed E-state index contributed by atoms with van der Waals surface area (Å²) in [6, 6.07) is 5.12. The molecule has 1 aliphatic rings. The molecule has 0 amide bonds. The Morgan fingerprint density at radius 2 is 2.13 bits per heavy atom. The summed E-state index contributed by atoms with van der Waals surface area (Å²) < 4.78 is 34.2. The third kappa shape index (κ3) is 6.12. The van der Waals surface area contributed by atoms with Crippen LogP contribution in [-0.4, -0.2) is 38.3 Å². The SMILES string of the molecule is COc1cc(CN2CCCC(CCN)C2)ccc1OC(F)F.Cl. The Kier molecular flexibility index (Phi) is 8.58. The van der Waals surface area contributed by atoms with Gasteiger partial charge in [0, 0.05) is 13.1 Å². The molecule has 1 atom stereocenters. The smallest absolute Gasteiger partial charge is 0.387 e. The van der Waals surface area contributed by atoms with Crippen LogP contribution in [0.25, 0.3) is 0 Å². The molecule has 132 valence electrons. The van der Waals surface area contributed by atoms with Gasteiger partial charge in [-0.05, 0) is 56.0 Å². The first-order chi connectivity index (χ1) is 10.6. The Morgan fingerprint density at radius 1 is 1.35 bits per heavy atom. The molecule has 7 heteroatoms. The molecule has 1 aromatic carbocycles. The number of piperidine rings is 1. The van der Waals surface area contributed by atoms with Gasteiger partial charge in [-0.15, -0.1) is 12.4 Å². The van der Waals surface area contributed by atoms with E-state index in [1.807, 2.05) is 6.07 Å². The van der Waals surface area contributed by atoms with Crippen molar-refractivity contribution >= 4 is 12.4 Å². The van der Waals surface area contributed by atoms with E-state index in [4.69, 9.17) is 10.5 Å². The molecule has 1 heterocycles. The largest absolute Gasteiger partial charge is 0.493 e. The van der Waals surface area contributed by atoms with Gasteiger partial charge in [0.1, 0.15) is 0 Å². The predicted octanol–water partition coefficient (Wildman–Crippen LogP) is 3.28. The van der Waals surface area contributed by atoms with E-state index >= 15 is 0 Å². The average Bonchev–Trinajstić information content (AvgIpc) is 2.49. The average molecular weight is 351 g/mol. The van der Waals surface area contributed by atoms with Gasteiger partial charge >= 0.3 is 6.61 Å². The monoisotopic (exact) mass is 350 g/mol. The second-order valence-electron chi connectivity index (χ2n) is 5.68. The zero-order valence-corrected chi connectivity index (χ0v) is 14.2. The molecule has 4 nitrogen and oxygen atoms in total. The molecule has 23 heavy (non-hydrogen) atoms. The van der Waals surface area contributed by atoms with Crippen molar-refractivity contribution in [2.24, 2.45) is 11.7 Å². The highest BCUT2D eigenvalue weighted by Crippen LogP contribution is 2.30. The quantitative estimate of drug-likeness (QED) is 0.819. The molecular formula is C16H25ClF2N2O2. The highest BCUT2D eigenvalue weighted by atomic mass is 35.5. The number of ether oxygens (including phenoxy) is 2. The van der Waals surface area contributed by atoms with Gasteiger partial charge in [0.15, 0.2) is 11.5 Å². The number of halogens is 3. The second-order valence-corrected chi connectivity index (χ2v) is 5.68. The number of likely N-dealkylation sites (tertiary alicyclic amines) is 1. The number of nitrogens with two attached hydrogens (primary N) is 1. The molecule has 1 fully saturated rings. The number of benzene rings is 1. The molecule has 0 spiro atoms. The molecule has 1 aromatic rings. The Morgan fingerprint density at radius 3 is 2.78 bits per heavy atom. The highest BCUT2D eigenvalue weighted by Gasteiger charge is 2.20. The minimum absolute atomic E-state index is 0. The Bertz CT molecular complexity index is 475. The zero-order chi connectivity index (χ0) is 15.9. The molecule has 1 saturated heterocycles. The van der Waals surface area contributed by atoms with Crippen molar-refractivity contribution in [3.05, 3.63) is 23.8 Å². The van der Waals surface area contributed by atoms with Crippen LogP contribution in [0.3, 0.4) is 0 Å². The predicted molar refractivity (Wildman–Crippen MR) is 88.5 cm³/mol. The lowest BCUT2D eigenvalue weighted by molar-refractivity contribution is -0.0512. The van der Waals surface area contributed by atoms with Gasteiger partial charge in [0.05, 0.1) is 7.11 Å². The minimum Gasteiger partial charge on any atom is -0.493 e. The van der Waals surface area contributed by atoms with Crippen LogP contribution in [0.15, 0.2) is 18.2 Å². The Balaban J connectivity index is 0.00000264. The number of rotatable bonds is 7. The van der Waals surface area contributed by atoms with E-state index in [-0.39, 0.29) is 18.2 Å². The molecule has 1 unspecified atom stereocenters. The topological polar surface area (TPSA) is 47.7 Å². The van der Waals surface area contributed by atoms with Crippen molar-refractivity contribution in [2.75, 3.05) is 26.7 Å². The minimum atomic E-state index is -2.85. The Labute approximate surface area is 142 Å². The third-order valence-electron chi connectivity index (χ3n) is 4.03. The zero-order valence-electron chi connectivity index (χ0n) is 13.3. The van der Waals surface area contributed by atoms with E-state index in [2.05, 4.69) is 9.64 Å². The van der Waals surface area contributed by atoms with Gasteiger partial charge in [-0.1, -0.05) is 6.07 Å². The van der Waals surface area contributed by atoms with E-state index in [0.717, 1.165) is 38.2 Å². The molecule has 0 aliphatic carbocycles. The fraction of sp³-hybridized carbons (Fsp3) is 0.625. The van der Waals surface area contributed by atoms with E-state index in [1.165, 1.54) is 20.0 Å². The molecule has 0 bridgehead atoms. The summed E-state index contributed by atoms with van der Waals surface area (Å²) in [5.41, 5.74) is 6.68. The van der Waals surface area contributed by atoms with Gasteiger partial charge in [0.2, 0.25) is 0 Å². The van der Waals surface area contributed by atoms with Gasteiger partial charge < -0.3 is 15.2 Å². The molecule has 0 saturated carbocycles. The van der Waals surface area contributed by atoms with E-state index in [0.29, 0.717) is 11.7 Å². The molecule has 0 radical (unpaired) electrons. The summed E-state index contributed by atoms with van der Waals surface area (Å²) in [7, 11) is 1.45. The van der Waals surface area contributed by atoms with Gasteiger partial charge in [-0.2, -0.15) is 8.78 Å². The van der Waals surface area contributed by atoms with Crippen LogP contribution in [0, 0.1) is 5.92 Å². The van der Waals surface area contributed by atoms with Crippen molar-refractivity contribution in [1.29, 1.82) is 0 Å². The van der Waals surface area contributed by atoms with Crippen molar-refractivity contribution in [2.45, 2.75) is 32.4 Å². The highest BCUT2D eigenvalue weighted by molar-refractivity contribution is 5.85. The van der Waals surface area contributed by atoms with Crippen molar-refractivity contribution in [3.8, 4) is 11.5 Å². The molecule has 2 N–H and O–H groups in total. The van der Waals surface area contributed by atoms with Crippen LogP contribution in [0.5, 0.6) is 11.5 Å². The lowest BCUT2D eigenvalue weighted by Gasteiger charge is -2.32. The summed E-state index contributed by atoms with van der Waals surface area (Å²) in [5, 5.41) is 0. The maximum absolute atomic E-state index is 12.3. The third-order valence-corrected chi connectivity index (χ3v) is 4.03. The molecular weight excluding hydrogens is 326 g/mol. The standard InChI is InChI=1S/C16H24F2N2O2.ClH/c1-21-15-9-13(4-5-14(15)22-16(17)18)11-20-8-2-3-12(10-20)6-7-19;/h4-5,9,12,16H,2-3,6-8,10-11,19H2,1H3;1H. The first-order valence-corrected chi connectivity index (χ1v) is 7.66.